The molecule has 98 valence electrons. The summed E-state index contributed by atoms with van der Waals surface area (Å²) in [6, 6.07) is 14.0. The van der Waals surface area contributed by atoms with Crippen LogP contribution >= 0.6 is 0 Å². The molecular formula is C15H10FN3O. The normalized spacial score (nSPS) is 10.4. The molecule has 3 rings (SSSR count). The van der Waals surface area contributed by atoms with Crippen molar-refractivity contribution in [2.75, 3.05) is 5.32 Å². The van der Waals surface area contributed by atoms with Crippen molar-refractivity contribution in [1.82, 2.24) is 4.98 Å². The lowest BCUT2D eigenvalue weighted by atomic mass is 10.1. The minimum atomic E-state index is -0.423. The molecule has 4 nitrogen and oxygen atoms in total. The SMILES string of the molecule is N#Cc1ccc(CNc2nc3ccccc3o2)c(F)c1. The lowest BCUT2D eigenvalue weighted by Crippen LogP contribution is -2.02. The fourth-order valence-corrected chi connectivity index (χ4v) is 1.88. The standard InChI is InChI=1S/C15H10FN3O/c16-12-7-10(8-17)5-6-11(12)9-18-15-19-13-3-1-2-4-14(13)20-15/h1-7H,9H2,(H,18,19). The highest BCUT2D eigenvalue weighted by atomic mass is 19.1. The van der Waals surface area contributed by atoms with Crippen molar-refractivity contribution in [2.45, 2.75) is 6.54 Å². The van der Waals surface area contributed by atoms with E-state index in [0.29, 0.717) is 22.7 Å². The van der Waals surface area contributed by atoms with Crippen molar-refractivity contribution >= 4 is 17.1 Å². The molecule has 20 heavy (non-hydrogen) atoms. The second kappa shape index (κ2) is 5.02. The van der Waals surface area contributed by atoms with Crippen molar-refractivity contribution in [3.63, 3.8) is 0 Å². The van der Waals surface area contributed by atoms with Gasteiger partial charge in [-0.05, 0) is 24.3 Å². The van der Waals surface area contributed by atoms with E-state index < -0.39 is 5.82 Å². The average molecular weight is 267 g/mol. The molecule has 0 spiro atoms. The molecule has 0 aliphatic heterocycles. The van der Waals surface area contributed by atoms with E-state index in [9.17, 15) is 4.39 Å². The Morgan fingerprint density at radius 3 is 2.85 bits per heavy atom. The second-order valence-corrected chi connectivity index (χ2v) is 4.26. The van der Waals surface area contributed by atoms with Crippen molar-refractivity contribution in [1.29, 1.82) is 5.26 Å². The number of nitrogens with one attached hydrogen (secondary N) is 1. The van der Waals surface area contributed by atoms with Gasteiger partial charge in [0.2, 0.25) is 0 Å². The van der Waals surface area contributed by atoms with Gasteiger partial charge in [0.25, 0.3) is 6.01 Å². The molecule has 0 aliphatic carbocycles. The molecule has 2 aromatic carbocycles. The number of halogens is 1. The Morgan fingerprint density at radius 1 is 1.25 bits per heavy atom. The lowest BCUT2D eigenvalue weighted by molar-refractivity contribution is 0.599. The smallest absolute Gasteiger partial charge is 0.295 e. The first kappa shape index (κ1) is 12.2. The van der Waals surface area contributed by atoms with Crippen LogP contribution in [-0.2, 0) is 6.54 Å². The molecule has 0 bridgehead atoms. The van der Waals surface area contributed by atoms with E-state index in [1.54, 1.807) is 12.1 Å². The molecule has 0 atom stereocenters. The Labute approximate surface area is 114 Å². The van der Waals surface area contributed by atoms with Crippen LogP contribution in [0.3, 0.4) is 0 Å². The monoisotopic (exact) mass is 267 g/mol. The Hall–Kier alpha value is -2.87. The second-order valence-electron chi connectivity index (χ2n) is 4.26. The highest BCUT2D eigenvalue weighted by Crippen LogP contribution is 2.19. The van der Waals surface area contributed by atoms with Gasteiger partial charge >= 0.3 is 0 Å². The van der Waals surface area contributed by atoms with E-state index in [0.717, 1.165) is 5.52 Å². The highest BCUT2D eigenvalue weighted by molar-refractivity contribution is 5.74. The van der Waals surface area contributed by atoms with E-state index in [4.69, 9.17) is 9.68 Å². The van der Waals surface area contributed by atoms with Crippen LogP contribution in [-0.4, -0.2) is 4.98 Å². The first-order valence-corrected chi connectivity index (χ1v) is 6.04. The van der Waals surface area contributed by atoms with Crippen LogP contribution in [0.4, 0.5) is 10.4 Å². The van der Waals surface area contributed by atoms with Crippen LogP contribution < -0.4 is 5.32 Å². The van der Waals surface area contributed by atoms with E-state index in [1.165, 1.54) is 6.07 Å². The maximum absolute atomic E-state index is 13.7. The van der Waals surface area contributed by atoms with Crippen LogP contribution in [0.2, 0.25) is 0 Å². The summed E-state index contributed by atoms with van der Waals surface area (Å²) in [7, 11) is 0. The molecule has 0 fully saturated rings. The fourth-order valence-electron chi connectivity index (χ4n) is 1.88. The predicted molar refractivity (Wildman–Crippen MR) is 72.5 cm³/mol. The minimum absolute atomic E-state index is 0.240. The van der Waals surface area contributed by atoms with E-state index in [1.807, 2.05) is 30.3 Å². The summed E-state index contributed by atoms with van der Waals surface area (Å²) in [5.41, 5.74) is 2.17. The molecule has 1 aromatic heterocycles. The summed E-state index contributed by atoms with van der Waals surface area (Å²) >= 11 is 0. The quantitative estimate of drug-likeness (QED) is 0.789. The number of fused-ring (bicyclic) bond motifs is 1. The molecule has 0 radical (unpaired) electrons. The van der Waals surface area contributed by atoms with Crippen molar-refractivity contribution in [2.24, 2.45) is 0 Å². The third-order valence-corrected chi connectivity index (χ3v) is 2.91. The number of aromatic nitrogens is 1. The van der Waals surface area contributed by atoms with Crippen LogP contribution in [0.15, 0.2) is 46.9 Å². The van der Waals surface area contributed by atoms with Gasteiger partial charge in [-0.2, -0.15) is 10.2 Å². The first-order chi connectivity index (χ1) is 9.76. The van der Waals surface area contributed by atoms with Crippen LogP contribution in [0.1, 0.15) is 11.1 Å². The topological polar surface area (TPSA) is 61.9 Å². The Bertz CT molecular complexity index is 771. The third-order valence-electron chi connectivity index (χ3n) is 2.91. The van der Waals surface area contributed by atoms with Gasteiger partial charge in [-0.3, -0.25) is 0 Å². The summed E-state index contributed by atoms with van der Waals surface area (Å²) in [4.78, 5) is 4.24. The molecular weight excluding hydrogens is 257 g/mol. The summed E-state index contributed by atoms with van der Waals surface area (Å²) in [5, 5.41) is 11.6. The minimum Gasteiger partial charge on any atom is -0.424 e. The number of para-hydroxylation sites is 2. The molecule has 5 heteroatoms. The summed E-state index contributed by atoms with van der Waals surface area (Å²) in [6.07, 6.45) is 0. The van der Waals surface area contributed by atoms with Crippen LogP contribution in [0.5, 0.6) is 0 Å². The summed E-state index contributed by atoms with van der Waals surface area (Å²) in [6.45, 7) is 0.240. The molecule has 3 aromatic rings. The molecule has 0 saturated heterocycles. The van der Waals surface area contributed by atoms with E-state index in [2.05, 4.69) is 10.3 Å². The largest absolute Gasteiger partial charge is 0.424 e. The first-order valence-electron chi connectivity index (χ1n) is 6.04. The number of hydrogen-bond acceptors (Lipinski definition) is 4. The van der Waals surface area contributed by atoms with Crippen molar-refractivity contribution in [3.8, 4) is 6.07 Å². The summed E-state index contributed by atoms with van der Waals surface area (Å²) in [5.74, 6) is -0.423. The summed E-state index contributed by atoms with van der Waals surface area (Å²) < 4.78 is 19.2. The van der Waals surface area contributed by atoms with Gasteiger partial charge in [0.05, 0.1) is 11.6 Å². The highest BCUT2D eigenvalue weighted by Gasteiger charge is 2.07. The third kappa shape index (κ3) is 2.31. The molecule has 1 N–H and O–H groups in total. The zero-order valence-corrected chi connectivity index (χ0v) is 10.4. The van der Waals surface area contributed by atoms with Crippen molar-refractivity contribution < 1.29 is 8.81 Å². The number of anilines is 1. The van der Waals surface area contributed by atoms with Crippen molar-refractivity contribution in [3.05, 3.63) is 59.4 Å². The van der Waals surface area contributed by atoms with Crippen LogP contribution in [0.25, 0.3) is 11.1 Å². The van der Waals surface area contributed by atoms with Gasteiger partial charge in [-0.1, -0.05) is 18.2 Å². The number of rotatable bonds is 3. The number of oxazole rings is 1. The number of nitrogens with zero attached hydrogens (tertiary/aromatic N) is 2. The van der Waals surface area contributed by atoms with Gasteiger partial charge < -0.3 is 9.73 Å². The predicted octanol–water partition coefficient (Wildman–Crippen LogP) is 3.45. The maximum Gasteiger partial charge on any atom is 0.295 e. The van der Waals surface area contributed by atoms with E-state index in [-0.39, 0.29) is 6.54 Å². The molecule has 1 heterocycles. The van der Waals surface area contributed by atoms with Gasteiger partial charge in [0.15, 0.2) is 5.58 Å². The van der Waals surface area contributed by atoms with Gasteiger partial charge in [-0.25, -0.2) is 4.39 Å². The van der Waals surface area contributed by atoms with Crippen LogP contribution in [0, 0.1) is 17.1 Å². The van der Waals surface area contributed by atoms with E-state index >= 15 is 0 Å². The number of hydrogen-bond donors (Lipinski definition) is 1. The molecule has 0 aliphatic rings. The molecule has 0 unspecified atom stereocenters. The fraction of sp³-hybridized carbons (Fsp3) is 0.0667. The maximum atomic E-state index is 13.7. The van der Waals surface area contributed by atoms with Gasteiger partial charge in [0.1, 0.15) is 11.3 Å². The molecule has 0 saturated carbocycles. The Balaban J connectivity index is 1.77. The zero-order valence-electron chi connectivity index (χ0n) is 10.4. The lowest BCUT2D eigenvalue weighted by Gasteiger charge is -2.03. The Morgan fingerprint density at radius 2 is 2.10 bits per heavy atom. The average Bonchev–Trinajstić information content (AvgIpc) is 2.88. The van der Waals surface area contributed by atoms with Gasteiger partial charge in [-0.15, -0.1) is 0 Å². The van der Waals surface area contributed by atoms with Gasteiger partial charge in [0, 0.05) is 12.1 Å². The number of benzene rings is 2. The molecule has 0 amide bonds. The Kier molecular flexibility index (Phi) is 3.05. The number of nitriles is 1. The zero-order chi connectivity index (χ0) is 13.9.